The van der Waals surface area contributed by atoms with Crippen molar-refractivity contribution < 1.29 is 14.7 Å². The molecule has 0 unspecified atom stereocenters. The number of H-pyrrole nitrogens is 1. The Morgan fingerprint density at radius 2 is 1.67 bits per heavy atom. The van der Waals surface area contributed by atoms with Crippen molar-refractivity contribution in [2.75, 3.05) is 5.32 Å². The average molecular weight is 357 g/mol. The van der Waals surface area contributed by atoms with E-state index in [-0.39, 0.29) is 17.0 Å². The average Bonchev–Trinajstić information content (AvgIpc) is 3.12. The normalized spacial score (nSPS) is 10.7. The van der Waals surface area contributed by atoms with Gasteiger partial charge in [-0.2, -0.15) is 0 Å². The lowest BCUT2D eigenvalue weighted by Crippen LogP contribution is -2.12. The van der Waals surface area contributed by atoms with Crippen LogP contribution < -0.4 is 5.32 Å². The third-order valence-electron chi connectivity index (χ3n) is 4.15. The number of para-hydroxylation sites is 2. The van der Waals surface area contributed by atoms with Crippen LogP contribution in [0.25, 0.3) is 22.4 Å². The van der Waals surface area contributed by atoms with Gasteiger partial charge in [-0.25, -0.2) is 9.78 Å². The van der Waals surface area contributed by atoms with E-state index in [0.29, 0.717) is 11.5 Å². The van der Waals surface area contributed by atoms with E-state index in [2.05, 4.69) is 15.3 Å². The van der Waals surface area contributed by atoms with Crippen molar-refractivity contribution in [1.82, 2.24) is 9.97 Å². The number of carbonyl (C=O) groups is 2. The Kier molecular flexibility index (Phi) is 4.14. The quantitative estimate of drug-likeness (QED) is 0.510. The van der Waals surface area contributed by atoms with E-state index >= 15 is 0 Å². The summed E-state index contributed by atoms with van der Waals surface area (Å²) >= 11 is 0. The summed E-state index contributed by atoms with van der Waals surface area (Å²) < 4.78 is 0. The molecule has 6 nitrogen and oxygen atoms in total. The van der Waals surface area contributed by atoms with E-state index < -0.39 is 5.97 Å². The highest BCUT2D eigenvalue weighted by molar-refractivity contribution is 6.05. The number of aromatic nitrogens is 2. The smallest absolute Gasteiger partial charge is 0.335 e. The van der Waals surface area contributed by atoms with Gasteiger partial charge in [-0.15, -0.1) is 0 Å². The van der Waals surface area contributed by atoms with Gasteiger partial charge in [0.15, 0.2) is 0 Å². The van der Waals surface area contributed by atoms with Crippen LogP contribution >= 0.6 is 0 Å². The molecule has 1 heterocycles. The predicted molar refractivity (Wildman–Crippen MR) is 103 cm³/mol. The van der Waals surface area contributed by atoms with E-state index in [9.17, 15) is 9.59 Å². The molecule has 0 aliphatic carbocycles. The summed E-state index contributed by atoms with van der Waals surface area (Å²) in [7, 11) is 0. The van der Waals surface area contributed by atoms with Gasteiger partial charge >= 0.3 is 5.97 Å². The summed E-state index contributed by atoms with van der Waals surface area (Å²) in [5.74, 6) is -0.739. The summed E-state index contributed by atoms with van der Waals surface area (Å²) in [5, 5.41) is 11.9. The third-order valence-corrected chi connectivity index (χ3v) is 4.15. The van der Waals surface area contributed by atoms with Gasteiger partial charge in [0.1, 0.15) is 5.82 Å². The second-order valence-corrected chi connectivity index (χ2v) is 6.02. The number of hydrogen-bond acceptors (Lipinski definition) is 3. The molecule has 0 fully saturated rings. The zero-order valence-corrected chi connectivity index (χ0v) is 14.1. The Balaban J connectivity index is 1.60. The molecule has 1 aromatic heterocycles. The van der Waals surface area contributed by atoms with Crippen molar-refractivity contribution in [2.24, 2.45) is 0 Å². The molecule has 0 saturated heterocycles. The molecule has 0 aliphatic rings. The van der Waals surface area contributed by atoms with E-state index in [4.69, 9.17) is 5.11 Å². The van der Waals surface area contributed by atoms with Crippen LogP contribution in [0.15, 0.2) is 72.8 Å². The van der Waals surface area contributed by atoms with Crippen molar-refractivity contribution in [3.8, 4) is 11.4 Å². The Morgan fingerprint density at radius 1 is 0.889 bits per heavy atom. The number of aromatic amines is 1. The van der Waals surface area contributed by atoms with Gasteiger partial charge in [0, 0.05) is 16.8 Å². The molecule has 1 amide bonds. The Bertz CT molecular complexity index is 1130. The maximum Gasteiger partial charge on any atom is 0.335 e. The minimum Gasteiger partial charge on any atom is -0.478 e. The van der Waals surface area contributed by atoms with Gasteiger partial charge in [0.05, 0.1) is 16.6 Å². The third kappa shape index (κ3) is 3.41. The first-order chi connectivity index (χ1) is 13.1. The summed E-state index contributed by atoms with van der Waals surface area (Å²) in [6, 6.07) is 21.0. The van der Waals surface area contributed by atoms with Crippen LogP contribution in [0.1, 0.15) is 20.7 Å². The molecule has 0 spiro atoms. The topological polar surface area (TPSA) is 95.1 Å². The Morgan fingerprint density at radius 3 is 2.48 bits per heavy atom. The monoisotopic (exact) mass is 357 g/mol. The molecule has 6 heteroatoms. The van der Waals surface area contributed by atoms with Crippen molar-refractivity contribution in [2.45, 2.75) is 0 Å². The molecule has 132 valence electrons. The van der Waals surface area contributed by atoms with Gasteiger partial charge in [-0.3, -0.25) is 4.79 Å². The predicted octanol–water partition coefficient (Wildman–Crippen LogP) is 4.18. The number of carboxylic acids is 1. The van der Waals surface area contributed by atoms with Crippen LogP contribution in [0.3, 0.4) is 0 Å². The van der Waals surface area contributed by atoms with E-state index in [1.165, 1.54) is 12.1 Å². The summed E-state index contributed by atoms with van der Waals surface area (Å²) in [5.41, 5.74) is 3.59. The fourth-order valence-electron chi connectivity index (χ4n) is 2.83. The first-order valence-electron chi connectivity index (χ1n) is 8.30. The summed E-state index contributed by atoms with van der Waals surface area (Å²) in [4.78, 5) is 31.3. The molecular weight excluding hydrogens is 342 g/mol. The summed E-state index contributed by atoms with van der Waals surface area (Å²) in [6.45, 7) is 0. The number of imidazole rings is 1. The number of fused-ring (bicyclic) bond motifs is 1. The summed E-state index contributed by atoms with van der Waals surface area (Å²) in [6.07, 6.45) is 0. The number of amides is 1. The maximum absolute atomic E-state index is 12.5. The molecule has 0 bridgehead atoms. The first-order valence-corrected chi connectivity index (χ1v) is 8.30. The van der Waals surface area contributed by atoms with Crippen molar-refractivity contribution in [3.63, 3.8) is 0 Å². The number of hydrogen-bond donors (Lipinski definition) is 3. The van der Waals surface area contributed by atoms with Crippen molar-refractivity contribution in [3.05, 3.63) is 83.9 Å². The lowest BCUT2D eigenvalue weighted by Gasteiger charge is -2.07. The SMILES string of the molecule is O=C(O)c1cccc(C(=O)Nc2cccc(-c3nc4ccccc4[nH]3)c2)c1. The number of anilines is 1. The largest absolute Gasteiger partial charge is 0.478 e. The Labute approximate surface area is 154 Å². The van der Waals surface area contributed by atoms with Crippen LogP contribution in [0.5, 0.6) is 0 Å². The minimum absolute atomic E-state index is 0.0682. The fourth-order valence-corrected chi connectivity index (χ4v) is 2.83. The number of rotatable bonds is 4. The molecule has 3 N–H and O–H groups in total. The minimum atomic E-state index is -1.07. The number of benzene rings is 3. The van der Waals surface area contributed by atoms with E-state index in [1.807, 2.05) is 42.5 Å². The second kappa shape index (κ2) is 6.76. The number of carboxylic acid groups (broad SMARTS) is 1. The fraction of sp³-hybridized carbons (Fsp3) is 0. The maximum atomic E-state index is 12.5. The highest BCUT2D eigenvalue weighted by Gasteiger charge is 2.11. The first kappa shape index (κ1) is 16.5. The highest BCUT2D eigenvalue weighted by atomic mass is 16.4. The molecule has 27 heavy (non-hydrogen) atoms. The lowest BCUT2D eigenvalue weighted by molar-refractivity contribution is 0.0697. The molecule has 0 atom stereocenters. The molecule has 4 aromatic rings. The molecular formula is C21H15N3O3. The molecule has 0 saturated carbocycles. The lowest BCUT2D eigenvalue weighted by atomic mass is 10.1. The molecule has 0 radical (unpaired) electrons. The standard InChI is InChI=1S/C21H15N3O3/c25-20(14-6-3-7-15(11-14)21(26)27)22-16-8-4-5-13(12-16)19-23-17-9-1-2-10-18(17)24-19/h1-12H,(H,22,25)(H,23,24)(H,26,27). The molecule has 4 rings (SSSR count). The Hall–Kier alpha value is -3.93. The van der Waals surface area contributed by atoms with Crippen molar-refractivity contribution in [1.29, 1.82) is 0 Å². The van der Waals surface area contributed by atoms with E-state index in [0.717, 1.165) is 16.6 Å². The van der Waals surface area contributed by atoms with E-state index in [1.54, 1.807) is 18.2 Å². The van der Waals surface area contributed by atoms with Gasteiger partial charge in [-0.05, 0) is 42.5 Å². The second-order valence-electron chi connectivity index (χ2n) is 6.02. The van der Waals surface area contributed by atoms with Crippen LogP contribution in [-0.4, -0.2) is 27.0 Å². The zero-order valence-electron chi connectivity index (χ0n) is 14.1. The zero-order chi connectivity index (χ0) is 18.8. The van der Waals surface area contributed by atoms with Gasteiger partial charge in [-0.1, -0.05) is 30.3 Å². The highest BCUT2D eigenvalue weighted by Crippen LogP contribution is 2.23. The van der Waals surface area contributed by atoms with Gasteiger partial charge in [0.25, 0.3) is 5.91 Å². The van der Waals surface area contributed by atoms with Crippen LogP contribution in [0.2, 0.25) is 0 Å². The number of carbonyl (C=O) groups excluding carboxylic acids is 1. The molecule has 3 aromatic carbocycles. The van der Waals surface area contributed by atoms with Gasteiger partial charge in [0.2, 0.25) is 0 Å². The number of nitrogens with zero attached hydrogens (tertiary/aromatic N) is 1. The van der Waals surface area contributed by atoms with Crippen LogP contribution in [0.4, 0.5) is 5.69 Å². The van der Waals surface area contributed by atoms with Crippen molar-refractivity contribution >= 4 is 28.6 Å². The number of nitrogens with one attached hydrogen (secondary N) is 2. The van der Waals surface area contributed by atoms with Crippen LogP contribution in [0, 0.1) is 0 Å². The molecule has 0 aliphatic heterocycles. The van der Waals surface area contributed by atoms with Crippen LogP contribution in [-0.2, 0) is 0 Å². The number of aromatic carboxylic acids is 1. The van der Waals surface area contributed by atoms with Gasteiger partial charge < -0.3 is 15.4 Å².